The van der Waals surface area contributed by atoms with E-state index in [1.54, 1.807) is 48.5 Å². The van der Waals surface area contributed by atoms with Crippen LogP contribution in [0.5, 0.6) is 5.75 Å². The largest absolute Gasteiger partial charge is 0.497 e. The van der Waals surface area contributed by atoms with Crippen LogP contribution in [0, 0.1) is 0 Å². The van der Waals surface area contributed by atoms with Crippen LogP contribution in [0.1, 0.15) is 25.3 Å². The fourth-order valence-electron chi connectivity index (χ4n) is 4.49. The highest BCUT2D eigenvalue weighted by molar-refractivity contribution is 6.11. The number of amides is 3. The van der Waals surface area contributed by atoms with Crippen LogP contribution in [0.15, 0.2) is 48.5 Å². The maximum Gasteiger partial charge on any atom is 0.329 e. The quantitative estimate of drug-likeness (QED) is 0.662. The molecule has 3 N–H and O–H groups in total. The van der Waals surface area contributed by atoms with E-state index >= 15 is 0 Å². The number of ether oxygens (including phenoxy) is 1. The predicted octanol–water partition coefficient (Wildman–Crippen LogP) is 2.49. The SMILES string of the molecule is CCN1CCC[C@@H]1CNC(=O)[C@]1(O)c2ccccc2NC(=O)N1c1cccc(OC)c1. The number of likely N-dealkylation sites (tertiary alicyclic amines) is 1. The fraction of sp³-hybridized carbons (Fsp3) is 0.391. The molecule has 2 atom stereocenters. The van der Waals surface area contributed by atoms with Crippen molar-refractivity contribution >= 4 is 23.3 Å². The molecule has 0 radical (unpaired) electrons. The second-order valence-electron chi connectivity index (χ2n) is 7.82. The molecule has 0 saturated carbocycles. The molecule has 0 unspecified atom stereocenters. The van der Waals surface area contributed by atoms with Gasteiger partial charge in [0, 0.05) is 24.2 Å². The summed E-state index contributed by atoms with van der Waals surface area (Å²) in [5.74, 6) is -0.128. The van der Waals surface area contributed by atoms with Crippen LogP contribution in [0.4, 0.5) is 16.2 Å². The van der Waals surface area contributed by atoms with Crippen molar-refractivity contribution in [2.45, 2.75) is 31.5 Å². The van der Waals surface area contributed by atoms with E-state index in [0.29, 0.717) is 29.2 Å². The van der Waals surface area contributed by atoms with E-state index in [-0.39, 0.29) is 6.04 Å². The smallest absolute Gasteiger partial charge is 0.329 e. The summed E-state index contributed by atoms with van der Waals surface area (Å²) in [7, 11) is 1.52. The van der Waals surface area contributed by atoms with Gasteiger partial charge in [-0.1, -0.05) is 31.2 Å². The number of nitrogens with zero attached hydrogens (tertiary/aromatic N) is 2. The number of para-hydroxylation sites is 1. The molecule has 2 aromatic carbocycles. The lowest BCUT2D eigenvalue weighted by atomic mass is 9.94. The van der Waals surface area contributed by atoms with E-state index in [1.165, 1.54) is 7.11 Å². The Morgan fingerprint density at radius 1 is 1.29 bits per heavy atom. The minimum Gasteiger partial charge on any atom is -0.497 e. The maximum absolute atomic E-state index is 13.5. The normalized spacial score (nSPS) is 23.3. The first-order chi connectivity index (χ1) is 15.0. The number of hydrogen-bond donors (Lipinski definition) is 3. The lowest BCUT2D eigenvalue weighted by Gasteiger charge is -2.43. The Labute approximate surface area is 181 Å². The first-order valence-electron chi connectivity index (χ1n) is 10.6. The summed E-state index contributed by atoms with van der Waals surface area (Å²) < 4.78 is 5.27. The van der Waals surface area contributed by atoms with Crippen LogP contribution < -0.4 is 20.3 Å². The number of anilines is 2. The van der Waals surface area contributed by atoms with Crippen molar-refractivity contribution in [1.82, 2.24) is 10.2 Å². The number of urea groups is 1. The molecule has 0 aromatic heterocycles. The number of hydrogen-bond acceptors (Lipinski definition) is 5. The number of fused-ring (bicyclic) bond motifs is 1. The van der Waals surface area contributed by atoms with Crippen molar-refractivity contribution in [3.63, 3.8) is 0 Å². The topological polar surface area (TPSA) is 94.1 Å². The second-order valence-corrected chi connectivity index (χ2v) is 7.82. The Kier molecular flexibility index (Phi) is 5.84. The van der Waals surface area contributed by atoms with Gasteiger partial charge in [0.25, 0.3) is 11.6 Å². The lowest BCUT2D eigenvalue weighted by molar-refractivity contribution is -0.140. The molecule has 0 spiro atoms. The Morgan fingerprint density at radius 3 is 2.87 bits per heavy atom. The van der Waals surface area contributed by atoms with Gasteiger partial charge in [-0.3, -0.25) is 14.6 Å². The van der Waals surface area contributed by atoms with Gasteiger partial charge in [-0.15, -0.1) is 0 Å². The zero-order chi connectivity index (χ0) is 22.0. The van der Waals surface area contributed by atoms with Crippen LogP contribution >= 0.6 is 0 Å². The van der Waals surface area contributed by atoms with Gasteiger partial charge in [-0.2, -0.15) is 0 Å². The Morgan fingerprint density at radius 2 is 2.10 bits per heavy atom. The molecule has 164 valence electrons. The van der Waals surface area contributed by atoms with Crippen molar-refractivity contribution in [1.29, 1.82) is 0 Å². The monoisotopic (exact) mass is 424 g/mol. The molecular formula is C23H28N4O4. The third-order valence-electron chi connectivity index (χ3n) is 6.10. The minimum atomic E-state index is -2.21. The predicted molar refractivity (Wildman–Crippen MR) is 118 cm³/mol. The summed E-state index contributed by atoms with van der Waals surface area (Å²) in [6, 6.07) is 13.1. The number of methoxy groups -OCH3 is 1. The number of rotatable bonds is 6. The molecule has 4 rings (SSSR count). The lowest BCUT2D eigenvalue weighted by Crippen LogP contribution is -2.63. The van der Waals surface area contributed by atoms with E-state index in [9.17, 15) is 14.7 Å². The summed E-state index contributed by atoms with van der Waals surface area (Å²) in [6.45, 7) is 4.42. The molecular weight excluding hydrogens is 396 g/mol. The molecule has 31 heavy (non-hydrogen) atoms. The van der Waals surface area contributed by atoms with Crippen LogP contribution in [0.25, 0.3) is 0 Å². The van der Waals surface area contributed by atoms with Crippen LogP contribution in [0.3, 0.4) is 0 Å². The molecule has 0 aliphatic carbocycles. The van der Waals surface area contributed by atoms with Crippen LogP contribution in [0.2, 0.25) is 0 Å². The average Bonchev–Trinajstić information content (AvgIpc) is 3.25. The molecule has 2 heterocycles. The van der Waals surface area contributed by atoms with E-state index < -0.39 is 17.7 Å². The van der Waals surface area contributed by atoms with Crippen molar-refractivity contribution in [2.24, 2.45) is 0 Å². The molecule has 8 heteroatoms. The second kappa shape index (κ2) is 8.56. The summed E-state index contributed by atoms with van der Waals surface area (Å²) >= 11 is 0. The molecule has 2 aliphatic heterocycles. The van der Waals surface area contributed by atoms with Gasteiger partial charge < -0.3 is 20.5 Å². The minimum absolute atomic E-state index is 0.218. The molecule has 3 amide bonds. The molecule has 1 saturated heterocycles. The molecule has 2 aromatic rings. The number of carbonyl (C=O) groups excluding carboxylic acids is 2. The number of carbonyl (C=O) groups is 2. The van der Waals surface area contributed by atoms with E-state index in [1.807, 2.05) is 0 Å². The van der Waals surface area contributed by atoms with Gasteiger partial charge in [0.2, 0.25) is 0 Å². The highest BCUT2D eigenvalue weighted by Gasteiger charge is 2.52. The van der Waals surface area contributed by atoms with Gasteiger partial charge in [0.1, 0.15) is 5.75 Å². The van der Waals surface area contributed by atoms with E-state index in [0.717, 1.165) is 30.8 Å². The standard InChI is InChI=1S/C23H28N4O4/c1-3-26-13-7-9-17(26)15-24-21(28)23(30)19-11-4-5-12-20(19)25-22(29)27(23)16-8-6-10-18(14-16)31-2/h4-6,8,10-12,14,17,30H,3,7,9,13,15H2,1-2H3,(H,24,28)(H,25,29)/t17-,23-/m1/s1. The highest BCUT2D eigenvalue weighted by atomic mass is 16.5. The molecule has 0 bridgehead atoms. The third-order valence-corrected chi connectivity index (χ3v) is 6.10. The van der Waals surface area contributed by atoms with Gasteiger partial charge in [0.05, 0.1) is 18.5 Å². The summed E-state index contributed by atoms with van der Waals surface area (Å²) in [5.41, 5.74) is -1.14. The Hall–Kier alpha value is -3.10. The van der Waals surface area contributed by atoms with Crippen LogP contribution in [-0.2, 0) is 10.5 Å². The Balaban J connectivity index is 1.71. The zero-order valence-electron chi connectivity index (χ0n) is 17.8. The number of aliphatic hydroxyl groups is 1. The fourth-order valence-corrected chi connectivity index (χ4v) is 4.49. The molecule has 1 fully saturated rings. The molecule has 8 nitrogen and oxygen atoms in total. The van der Waals surface area contributed by atoms with Crippen molar-refractivity contribution < 1.29 is 19.4 Å². The van der Waals surface area contributed by atoms with E-state index in [4.69, 9.17) is 4.74 Å². The number of nitrogens with one attached hydrogen (secondary N) is 2. The average molecular weight is 425 g/mol. The van der Waals surface area contributed by atoms with E-state index in [2.05, 4.69) is 22.5 Å². The van der Waals surface area contributed by atoms with Gasteiger partial charge >= 0.3 is 6.03 Å². The third kappa shape index (κ3) is 3.73. The maximum atomic E-state index is 13.5. The van der Waals surface area contributed by atoms with Crippen LogP contribution in [-0.4, -0.2) is 54.7 Å². The van der Waals surface area contributed by atoms with Crippen molar-refractivity contribution in [3.8, 4) is 5.75 Å². The van der Waals surface area contributed by atoms with Gasteiger partial charge in [-0.25, -0.2) is 4.79 Å². The summed E-state index contributed by atoms with van der Waals surface area (Å²) in [5, 5.41) is 17.5. The molecule has 2 aliphatic rings. The summed E-state index contributed by atoms with van der Waals surface area (Å²) in [6.07, 6.45) is 2.07. The highest BCUT2D eigenvalue weighted by Crippen LogP contribution is 2.40. The zero-order valence-corrected chi connectivity index (χ0v) is 17.8. The Bertz CT molecular complexity index is 982. The van der Waals surface area contributed by atoms with Crippen molar-refractivity contribution in [2.75, 3.05) is 37.0 Å². The van der Waals surface area contributed by atoms with Gasteiger partial charge in [-0.05, 0) is 44.1 Å². The van der Waals surface area contributed by atoms with Crippen molar-refractivity contribution in [3.05, 3.63) is 54.1 Å². The number of benzene rings is 2. The summed E-state index contributed by atoms with van der Waals surface area (Å²) in [4.78, 5) is 29.9. The first kappa shape index (κ1) is 21.1. The first-order valence-corrected chi connectivity index (χ1v) is 10.6. The number of likely N-dealkylation sites (N-methyl/N-ethyl adjacent to an activating group) is 1. The van der Waals surface area contributed by atoms with Gasteiger partial charge in [0.15, 0.2) is 0 Å².